The maximum Gasteiger partial charge on any atom is 0.490 e. The Balaban J connectivity index is 2.25. The fourth-order valence-corrected chi connectivity index (χ4v) is 5.73. The van der Waals surface area contributed by atoms with Crippen LogP contribution in [0.2, 0.25) is 0 Å². The molecule has 190 valence electrons. The average molecular weight is 551 g/mol. The van der Waals surface area contributed by atoms with E-state index in [0.29, 0.717) is 0 Å². The van der Waals surface area contributed by atoms with Gasteiger partial charge >= 0.3 is 23.5 Å². The van der Waals surface area contributed by atoms with Crippen molar-refractivity contribution >= 4 is 35.2 Å². The van der Waals surface area contributed by atoms with Crippen LogP contribution < -0.4 is 0 Å². The molecule has 2 heterocycles. The van der Waals surface area contributed by atoms with Crippen LogP contribution in [0.1, 0.15) is 6.42 Å². The van der Waals surface area contributed by atoms with Crippen LogP contribution in [0, 0.1) is 0 Å². The zero-order valence-electron chi connectivity index (χ0n) is 15.6. The molecule has 2 aliphatic rings. The van der Waals surface area contributed by atoms with E-state index < -0.39 is 84.5 Å². The minimum absolute atomic E-state index is 0.180. The number of phosphoric acid groups is 3. The molecule has 1 saturated heterocycles. The van der Waals surface area contributed by atoms with Crippen molar-refractivity contribution in [2.24, 2.45) is 0 Å². The van der Waals surface area contributed by atoms with Gasteiger partial charge in [-0.25, -0.2) is 26.9 Å². The fraction of sp³-hybridized carbons (Fsp3) is 0.636. The third-order valence-corrected chi connectivity index (χ3v) is 7.87. The first-order chi connectivity index (χ1) is 14.8. The molecule has 33 heavy (non-hydrogen) atoms. The van der Waals surface area contributed by atoms with Crippen molar-refractivity contribution in [1.29, 1.82) is 0 Å². The van der Waals surface area contributed by atoms with Gasteiger partial charge in [-0.3, -0.25) is 19.0 Å². The number of Topliss-reactive ketones (excluding diaryl/α,β-unsaturated/α-hetero) is 1. The van der Waals surface area contributed by atoms with Gasteiger partial charge in [0.15, 0.2) is 17.7 Å². The summed E-state index contributed by atoms with van der Waals surface area (Å²) in [7, 11) is -17.7. The molecule has 16 nitrogen and oxygen atoms in total. The zero-order chi connectivity index (χ0) is 25.6. The summed E-state index contributed by atoms with van der Waals surface area (Å²) in [6, 6.07) is 0. The van der Waals surface area contributed by atoms with E-state index in [1.807, 2.05) is 0 Å². The van der Waals surface area contributed by atoms with Gasteiger partial charge in [-0.1, -0.05) is 0 Å². The Morgan fingerprint density at radius 3 is 2.21 bits per heavy atom. The number of hydrogen-bond donors (Lipinski definition) is 6. The standard InChI is InChI=1S/C11H15F3NO15P3/c12-4-2-15(6(17)1-5(4)16)9-7(18)8(19)11(28-9,10(13)14)3-27-32(23,24)30-33(25,26)29-31(20,21)22/h2,7-10,18-19H,1,3H2,(H,23,24)(H,25,26)(H2,20,21,22)/t7-,8+,9-,11-/m1/s1. The Kier molecular flexibility index (Phi) is 8.16. The van der Waals surface area contributed by atoms with Gasteiger partial charge in [-0.15, -0.1) is 0 Å². The van der Waals surface area contributed by atoms with Crippen LogP contribution in [0.25, 0.3) is 0 Å². The second-order valence-electron chi connectivity index (χ2n) is 6.44. The molecule has 0 saturated carbocycles. The summed E-state index contributed by atoms with van der Waals surface area (Å²) in [5, 5.41) is 20.1. The number of carbonyl (C=O) groups is 2. The Hall–Kier alpha value is -1.04. The smallest absolute Gasteiger partial charge is 0.387 e. The van der Waals surface area contributed by atoms with E-state index in [1.165, 1.54) is 0 Å². The maximum atomic E-state index is 13.8. The maximum absolute atomic E-state index is 13.8. The summed E-state index contributed by atoms with van der Waals surface area (Å²) in [5.74, 6) is -4.00. The SMILES string of the molecule is O=C1CC(=O)N([C@@H]2O[C@@](COP(=O)(O)OP(=O)(O)OP(=O)(O)O)(C(F)F)[C@@H](O)[C@H]2O)C=C1F. The van der Waals surface area contributed by atoms with Crippen molar-refractivity contribution in [2.45, 2.75) is 36.9 Å². The van der Waals surface area contributed by atoms with E-state index in [4.69, 9.17) is 19.4 Å². The molecule has 2 aliphatic heterocycles. The van der Waals surface area contributed by atoms with Gasteiger partial charge in [-0.05, 0) is 0 Å². The highest BCUT2D eigenvalue weighted by atomic mass is 31.3. The van der Waals surface area contributed by atoms with Gasteiger partial charge in [0.25, 0.3) is 6.43 Å². The number of amides is 1. The lowest BCUT2D eigenvalue weighted by Crippen LogP contribution is -2.52. The van der Waals surface area contributed by atoms with Crippen molar-refractivity contribution in [2.75, 3.05) is 6.61 Å². The molecule has 2 rings (SSSR count). The van der Waals surface area contributed by atoms with Gasteiger partial charge in [0.1, 0.15) is 12.2 Å². The quantitative estimate of drug-likeness (QED) is 0.149. The number of alkyl halides is 2. The Morgan fingerprint density at radius 2 is 1.70 bits per heavy atom. The van der Waals surface area contributed by atoms with Crippen LogP contribution in [0.5, 0.6) is 0 Å². The van der Waals surface area contributed by atoms with Gasteiger partial charge < -0.3 is 34.5 Å². The summed E-state index contributed by atoms with van der Waals surface area (Å²) >= 11 is 0. The first-order valence-corrected chi connectivity index (χ1v) is 12.6. The molecular weight excluding hydrogens is 536 g/mol. The second kappa shape index (κ2) is 9.54. The normalized spacial score (nSPS) is 32.6. The zero-order valence-corrected chi connectivity index (χ0v) is 18.3. The predicted octanol–water partition coefficient (Wildman–Crippen LogP) is -0.976. The molecule has 22 heteroatoms. The molecule has 1 amide bonds. The van der Waals surface area contributed by atoms with Gasteiger partial charge in [0, 0.05) is 6.20 Å². The number of halogens is 3. The summed E-state index contributed by atoms with van der Waals surface area (Å²) < 4.78 is 90.3. The van der Waals surface area contributed by atoms with Crippen LogP contribution in [-0.2, 0) is 41.2 Å². The summed E-state index contributed by atoms with van der Waals surface area (Å²) in [5.41, 5.74) is -3.43. The van der Waals surface area contributed by atoms with Crippen molar-refractivity contribution in [1.82, 2.24) is 4.90 Å². The highest BCUT2D eigenvalue weighted by molar-refractivity contribution is 7.66. The third kappa shape index (κ3) is 6.55. The molecule has 0 aromatic carbocycles. The van der Waals surface area contributed by atoms with Gasteiger partial charge in [-0.2, -0.15) is 8.62 Å². The first-order valence-electron chi connectivity index (χ1n) is 8.12. The monoisotopic (exact) mass is 551 g/mol. The van der Waals surface area contributed by atoms with E-state index >= 15 is 0 Å². The molecular formula is C11H15F3NO15P3. The van der Waals surface area contributed by atoms with Crippen molar-refractivity contribution in [3.8, 4) is 0 Å². The van der Waals surface area contributed by atoms with E-state index in [0.717, 1.165) is 0 Å². The molecule has 0 bridgehead atoms. The average Bonchev–Trinajstić information content (AvgIpc) is 2.86. The molecule has 1 fully saturated rings. The van der Waals surface area contributed by atoms with E-state index in [2.05, 4.69) is 13.1 Å². The largest absolute Gasteiger partial charge is 0.490 e. The lowest BCUT2D eigenvalue weighted by Gasteiger charge is -2.32. The number of aliphatic hydroxyl groups excluding tert-OH is 2. The number of ketones is 1. The van der Waals surface area contributed by atoms with E-state index in [9.17, 15) is 51.6 Å². The molecule has 6 atom stereocenters. The number of phosphoric ester groups is 1. The highest BCUT2D eigenvalue weighted by Gasteiger charge is 2.63. The van der Waals surface area contributed by atoms with Gasteiger partial charge in [0.05, 0.1) is 13.0 Å². The highest BCUT2D eigenvalue weighted by Crippen LogP contribution is 2.66. The molecule has 0 aromatic heterocycles. The van der Waals surface area contributed by atoms with Crippen LogP contribution in [0.4, 0.5) is 13.2 Å². The number of nitrogens with zero attached hydrogens (tertiary/aromatic N) is 1. The number of aliphatic hydroxyl groups is 2. The van der Waals surface area contributed by atoms with E-state index in [-0.39, 0.29) is 11.1 Å². The number of rotatable bonds is 9. The summed E-state index contributed by atoms with van der Waals surface area (Å²) in [6.07, 6.45) is -12.1. The number of carbonyl (C=O) groups excluding carboxylic acids is 2. The predicted molar refractivity (Wildman–Crippen MR) is 91.1 cm³/mol. The minimum atomic E-state index is -6.00. The first kappa shape index (κ1) is 28.2. The summed E-state index contributed by atoms with van der Waals surface area (Å²) in [6.45, 7) is -1.89. The van der Waals surface area contributed by atoms with Gasteiger partial charge in [0.2, 0.25) is 11.7 Å². The number of ether oxygens (including phenoxy) is 1. The van der Waals surface area contributed by atoms with Crippen LogP contribution in [0.3, 0.4) is 0 Å². The Bertz CT molecular complexity index is 985. The fourth-order valence-electron chi connectivity index (χ4n) is 2.67. The molecule has 0 radical (unpaired) electrons. The molecule has 0 aliphatic carbocycles. The summed E-state index contributed by atoms with van der Waals surface area (Å²) in [4.78, 5) is 58.7. The van der Waals surface area contributed by atoms with Crippen LogP contribution >= 0.6 is 23.5 Å². The van der Waals surface area contributed by atoms with Crippen molar-refractivity contribution in [3.05, 3.63) is 12.0 Å². The van der Waals surface area contributed by atoms with Crippen LogP contribution in [-0.4, -0.2) is 83.4 Å². The van der Waals surface area contributed by atoms with E-state index in [1.54, 1.807) is 0 Å². The topological polar surface area (TPSA) is 247 Å². The number of hydrogen-bond acceptors (Lipinski definition) is 11. The molecule has 2 unspecified atom stereocenters. The van der Waals surface area contributed by atoms with Crippen LogP contribution in [0.15, 0.2) is 12.0 Å². The lowest BCUT2D eigenvalue weighted by molar-refractivity contribution is -0.201. The lowest BCUT2D eigenvalue weighted by atomic mass is 9.96. The molecule has 0 aromatic rings. The third-order valence-electron chi connectivity index (χ3n) is 4.09. The minimum Gasteiger partial charge on any atom is -0.387 e. The van der Waals surface area contributed by atoms with Crippen molar-refractivity contribution in [3.63, 3.8) is 0 Å². The Morgan fingerprint density at radius 1 is 1.12 bits per heavy atom. The molecule has 6 N–H and O–H groups in total. The van der Waals surface area contributed by atoms with Crippen molar-refractivity contribution < 1.29 is 84.1 Å². The molecule has 0 spiro atoms. The Labute approximate surface area is 180 Å². The number of allylic oxidation sites excluding steroid dienone is 1. The second-order valence-corrected chi connectivity index (χ2v) is 10.9.